The summed E-state index contributed by atoms with van der Waals surface area (Å²) in [5.74, 6) is -0.0785. The Kier molecular flexibility index (Phi) is 6.79. The van der Waals surface area contributed by atoms with Gasteiger partial charge in [0, 0.05) is 50.2 Å². The van der Waals surface area contributed by atoms with E-state index in [0.717, 1.165) is 26.3 Å². The quantitative estimate of drug-likeness (QED) is 0.527. The van der Waals surface area contributed by atoms with Gasteiger partial charge in [-0.15, -0.1) is 0 Å². The summed E-state index contributed by atoms with van der Waals surface area (Å²) in [5, 5.41) is 10.8. The fourth-order valence-electron chi connectivity index (χ4n) is 3.38. The molecular weight excluding hydrogens is 372 g/mol. The van der Waals surface area contributed by atoms with Gasteiger partial charge in [-0.05, 0) is 30.8 Å². The number of benzene rings is 2. The van der Waals surface area contributed by atoms with Crippen molar-refractivity contribution in [1.29, 1.82) is 0 Å². The van der Waals surface area contributed by atoms with E-state index in [2.05, 4.69) is 17.0 Å². The number of non-ortho nitro benzene ring substituents is 1. The van der Waals surface area contributed by atoms with Crippen molar-refractivity contribution in [1.82, 2.24) is 4.90 Å². The Bertz CT molecular complexity index is 850. The standard InChI is InChI=1S/C21H26N4O4/c1-22(15-17-5-3-4-6-20(17)24-11-13-29-14-12-24)16-21(26)23(2)18-7-9-19(10-8-18)25(27)28/h3-10H,11-16H2,1-2H3. The molecule has 0 spiro atoms. The molecule has 1 aliphatic heterocycles. The number of hydrogen-bond acceptors (Lipinski definition) is 6. The Hall–Kier alpha value is -2.97. The number of carbonyl (C=O) groups is 1. The van der Waals surface area contributed by atoms with Gasteiger partial charge < -0.3 is 14.5 Å². The predicted octanol–water partition coefficient (Wildman–Crippen LogP) is 2.53. The van der Waals surface area contributed by atoms with Crippen molar-refractivity contribution >= 4 is 23.0 Å². The molecule has 0 aromatic heterocycles. The number of morpholine rings is 1. The molecule has 0 unspecified atom stereocenters. The van der Waals surface area contributed by atoms with Crippen molar-refractivity contribution < 1.29 is 14.5 Å². The normalized spacial score (nSPS) is 14.1. The fraction of sp³-hybridized carbons (Fsp3) is 0.381. The maximum absolute atomic E-state index is 12.7. The molecule has 2 aromatic carbocycles. The summed E-state index contributed by atoms with van der Waals surface area (Å²) in [4.78, 5) is 28.8. The first-order chi connectivity index (χ1) is 14.0. The van der Waals surface area contributed by atoms with Gasteiger partial charge in [-0.1, -0.05) is 18.2 Å². The van der Waals surface area contributed by atoms with Gasteiger partial charge in [-0.3, -0.25) is 19.8 Å². The minimum Gasteiger partial charge on any atom is -0.378 e. The number of nitrogens with zero attached hydrogens (tertiary/aromatic N) is 4. The van der Waals surface area contributed by atoms with E-state index >= 15 is 0 Å². The lowest BCUT2D eigenvalue weighted by Crippen LogP contribution is -2.38. The molecule has 1 heterocycles. The van der Waals surface area contributed by atoms with Gasteiger partial charge in [-0.25, -0.2) is 0 Å². The molecule has 0 bridgehead atoms. The summed E-state index contributed by atoms with van der Waals surface area (Å²) in [7, 11) is 3.59. The van der Waals surface area contributed by atoms with Crippen LogP contribution in [0.4, 0.5) is 17.1 Å². The highest BCUT2D eigenvalue weighted by Crippen LogP contribution is 2.23. The molecule has 0 atom stereocenters. The Balaban J connectivity index is 1.62. The maximum atomic E-state index is 12.7. The number of anilines is 2. The van der Waals surface area contributed by atoms with Gasteiger partial charge in [0.2, 0.25) is 5.91 Å². The van der Waals surface area contributed by atoms with E-state index < -0.39 is 4.92 Å². The number of amides is 1. The van der Waals surface area contributed by atoms with Gasteiger partial charge in [0.15, 0.2) is 0 Å². The van der Waals surface area contributed by atoms with Crippen molar-refractivity contribution in [2.75, 3.05) is 56.7 Å². The van der Waals surface area contributed by atoms with Gasteiger partial charge in [-0.2, -0.15) is 0 Å². The monoisotopic (exact) mass is 398 g/mol. The van der Waals surface area contributed by atoms with Crippen molar-refractivity contribution in [3.8, 4) is 0 Å². The van der Waals surface area contributed by atoms with E-state index in [1.54, 1.807) is 19.2 Å². The predicted molar refractivity (Wildman–Crippen MR) is 112 cm³/mol. The Morgan fingerprint density at radius 2 is 1.76 bits per heavy atom. The zero-order valence-electron chi connectivity index (χ0n) is 16.8. The summed E-state index contributed by atoms with van der Waals surface area (Å²) < 4.78 is 5.44. The topological polar surface area (TPSA) is 79.2 Å². The number of nitro benzene ring substituents is 1. The molecule has 0 N–H and O–H groups in total. The van der Waals surface area contributed by atoms with Crippen LogP contribution in [0.15, 0.2) is 48.5 Å². The van der Waals surface area contributed by atoms with Crippen LogP contribution in [0.25, 0.3) is 0 Å². The maximum Gasteiger partial charge on any atom is 0.269 e. The highest BCUT2D eigenvalue weighted by molar-refractivity contribution is 5.94. The number of hydrogen-bond donors (Lipinski definition) is 0. The highest BCUT2D eigenvalue weighted by atomic mass is 16.6. The molecule has 8 heteroatoms. The number of para-hydroxylation sites is 1. The molecule has 8 nitrogen and oxygen atoms in total. The number of carbonyl (C=O) groups excluding carboxylic acids is 1. The van der Waals surface area contributed by atoms with Crippen LogP contribution in [0.3, 0.4) is 0 Å². The summed E-state index contributed by atoms with van der Waals surface area (Å²) in [6.45, 7) is 4.06. The van der Waals surface area contributed by atoms with Gasteiger partial charge in [0.25, 0.3) is 5.69 Å². The van der Waals surface area contributed by atoms with Crippen LogP contribution >= 0.6 is 0 Å². The van der Waals surface area contributed by atoms with Gasteiger partial charge >= 0.3 is 0 Å². The summed E-state index contributed by atoms with van der Waals surface area (Å²) in [5.41, 5.74) is 2.98. The molecule has 154 valence electrons. The van der Waals surface area contributed by atoms with Crippen molar-refractivity contribution in [2.24, 2.45) is 0 Å². The fourth-order valence-corrected chi connectivity index (χ4v) is 3.38. The molecule has 1 aliphatic rings. The third-order valence-corrected chi connectivity index (χ3v) is 5.01. The van der Waals surface area contributed by atoms with E-state index in [1.807, 2.05) is 24.1 Å². The van der Waals surface area contributed by atoms with Crippen molar-refractivity contribution in [3.05, 3.63) is 64.2 Å². The first-order valence-electron chi connectivity index (χ1n) is 9.56. The van der Waals surface area contributed by atoms with Gasteiger partial charge in [0.05, 0.1) is 24.7 Å². The molecule has 3 rings (SSSR count). The lowest BCUT2D eigenvalue weighted by molar-refractivity contribution is -0.384. The zero-order chi connectivity index (χ0) is 20.8. The molecule has 0 saturated carbocycles. The van der Waals surface area contributed by atoms with Crippen LogP contribution in [0.1, 0.15) is 5.56 Å². The van der Waals surface area contributed by atoms with Crippen LogP contribution < -0.4 is 9.80 Å². The third kappa shape index (κ3) is 5.30. The SMILES string of the molecule is CN(CC(=O)N(C)c1ccc([N+](=O)[O-])cc1)Cc1ccccc1N1CCOCC1. The van der Waals surface area contributed by atoms with Crippen molar-refractivity contribution in [2.45, 2.75) is 6.54 Å². The van der Waals surface area contributed by atoms with Crippen LogP contribution in [0, 0.1) is 10.1 Å². The van der Waals surface area contributed by atoms with E-state index in [4.69, 9.17) is 4.74 Å². The number of ether oxygens (including phenoxy) is 1. The highest BCUT2D eigenvalue weighted by Gasteiger charge is 2.18. The average Bonchev–Trinajstić information content (AvgIpc) is 2.74. The van der Waals surface area contributed by atoms with E-state index in [9.17, 15) is 14.9 Å². The van der Waals surface area contributed by atoms with Crippen molar-refractivity contribution in [3.63, 3.8) is 0 Å². The van der Waals surface area contributed by atoms with Crippen LogP contribution in [0.5, 0.6) is 0 Å². The van der Waals surface area contributed by atoms with E-state index in [0.29, 0.717) is 12.2 Å². The zero-order valence-corrected chi connectivity index (χ0v) is 16.8. The molecule has 0 radical (unpaired) electrons. The smallest absolute Gasteiger partial charge is 0.269 e. The second kappa shape index (κ2) is 9.49. The molecular formula is C21H26N4O4. The number of rotatable bonds is 7. The second-order valence-corrected chi connectivity index (χ2v) is 7.13. The lowest BCUT2D eigenvalue weighted by atomic mass is 10.1. The van der Waals surface area contributed by atoms with Crippen LogP contribution in [-0.2, 0) is 16.1 Å². The molecule has 1 amide bonds. The van der Waals surface area contributed by atoms with E-state index in [-0.39, 0.29) is 18.1 Å². The third-order valence-electron chi connectivity index (χ3n) is 5.01. The number of nitro groups is 1. The average molecular weight is 398 g/mol. The molecule has 0 aliphatic carbocycles. The van der Waals surface area contributed by atoms with Crippen LogP contribution in [0.2, 0.25) is 0 Å². The van der Waals surface area contributed by atoms with E-state index in [1.165, 1.54) is 28.3 Å². The summed E-state index contributed by atoms with van der Waals surface area (Å²) in [6, 6.07) is 14.2. The largest absolute Gasteiger partial charge is 0.378 e. The van der Waals surface area contributed by atoms with Gasteiger partial charge in [0.1, 0.15) is 0 Å². The summed E-state index contributed by atoms with van der Waals surface area (Å²) in [6.07, 6.45) is 0. The Morgan fingerprint density at radius 3 is 2.41 bits per heavy atom. The lowest BCUT2D eigenvalue weighted by Gasteiger charge is -2.31. The first-order valence-corrected chi connectivity index (χ1v) is 9.56. The van der Waals surface area contributed by atoms with Crippen LogP contribution in [-0.4, -0.2) is 62.7 Å². The second-order valence-electron chi connectivity index (χ2n) is 7.13. The Labute approximate surface area is 170 Å². The molecule has 1 fully saturated rings. The molecule has 2 aromatic rings. The minimum atomic E-state index is -0.453. The number of likely N-dealkylation sites (N-methyl/N-ethyl adjacent to an activating group) is 2. The Morgan fingerprint density at radius 1 is 1.10 bits per heavy atom. The summed E-state index contributed by atoms with van der Waals surface area (Å²) >= 11 is 0. The molecule has 29 heavy (non-hydrogen) atoms. The molecule has 1 saturated heterocycles. The first kappa shape index (κ1) is 20.8. The minimum absolute atomic E-state index is 0.00596.